The number of fused-ring (bicyclic) bond motifs is 3. The molecule has 2 heterocycles. The van der Waals surface area contributed by atoms with Crippen molar-refractivity contribution in [3.63, 3.8) is 0 Å². The lowest BCUT2D eigenvalue weighted by atomic mass is 9.76. The van der Waals surface area contributed by atoms with E-state index in [1.165, 1.54) is 84.5 Å². The Balaban J connectivity index is 1.24. The molecular formula is C31H34N2. The fourth-order valence-electron chi connectivity index (χ4n) is 6.22. The Morgan fingerprint density at radius 3 is 2.33 bits per heavy atom. The molecule has 2 aliphatic rings. The molecule has 0 amide bonds. The Hall–Kier alpha value is -2.84. The van der Waals surface area contributed by atoms with Crippen molar-refractivity contribution in [3.8, 4) is 5.69 Å². The van der Waals surface area contributed by atoms with E-state index in [1.807, 2.05) is 0 Å². The summed E-state index contributed by atoms with van der Waals surface area (Å²) in [5.41, 5.74) is 5.08. The number of piperidine rings is 1. The zero-order valence-electron chi connectivity index (χ0n) is 19.4. The smallest absolute Gasteiger partial charge is 0.0541 e. The molecule has 2 heteroatoms. The topological polar surface area (TPSA) is 17.0 Å². The van der Waals surface area contributed by atoms with Crippen molar-refractivity contribution < 1.29 is 0 Å². The molecule has 0 spiro atoms. The molecule has 2 fully saturated rings. The maximum Gasteiger partial charge on any atom is 0.0541 e. The molecule has 3 aromatic carbocycles. The van der Waals surface area contributed by atoms with Gasteiger partial charge < -0.3 is 9.88 Å². The first-order chi connectivity index (χ1) is 16.4. The lowest BCUT2D eigenvalue weighted by Crippen LogP contribution is -2.41. The second-order valence-corrected chi connectivity index (χ2v) is 10.1. The number of nitrogens with one attached hydrogen (secondary N) is 1. The highest BCUT2D eigenvalue weighted by Crippen LogP contribution is 2.35. The van der Waals surface area contributed by atoms with Crippen LogP contribution in [-0.4, -0.2) is 17.2 Å². The Morgan fingerprint density at radius 2 is 1.52 bits per heavy atom. The Labute approximate surface area is 197 Å². The van der Waals surface area contributed by atoms with Crippen LogP contribution in [0.25, 0.3) is 33.6 Å². The van der Waals surface area contributed by atoms with Crippen molar-refractivity contribution in [2.45, 2.75) is 51.0 Å². The minimum Gasteiger partial charge on any atom is -0.314 e. The summed E-state index contributed by atoms with van der Waals surface area (Å²) in [6, 6.07) is 27.2. The molecule has 1 saturated heterocycles. The summed E-state index contributed by atoms with van der Waals surface area (Å²) in [4.78, 5) is 0. The third-order valence-electron chi connectivity index (χ3n) is 8.01. The van der Waals surface area contributed by atoms with Crippen molar-refractivity contribution in [1.29, 1.82) is 0 Å². The number of hydrogen-bond donors (Lipinski definition) is 1. The van der Waals surface area contributed by atoms with Crippen LogP contribution in [0.5, 0.6) is 0 Å². The highest BCUT2D eigenvalue weighted by Gasteiger charge is 2.27. The Kier molecular flexibility index (Phi) is 5.78. The molecule has 0 bridgehead atoms. The minimum absolute atomic E-state index is 0.728. The van der Waals surface area contributed by atoms with Gasteiger partial charge in [-0.05, 0) is 92.8 Å². The molecule has 1 aliphatic heterocycles. The molecule has 168 valence electrons. The van der Waals surface area contributed by atoms with Crippen LogP contribution < -0.4 is 5.32 Å². The first-order valence-corrected chi connectivity index (χ1v) is 12.9. The van der Waals surface area contributed by atoms with Crippen LogP contribution in [0.4, 0.5) is 0 Å². The summed E-state index contributed by atoms with van der Waals surface area (Å²) >= 11 is 0. The van der Waals surface area contributed by atoms with Crippen molar-refractivity contribution in [1.82, 2.24) is 9.88 Å². The molecule has 0 radical (unpaired) electrons. The van der Waals surface area contributed by atoms with E-state index in [1.54, 1.807) is 0 Å². The third kappa shape index (κ3) is 4.13. The molecule has 1 aliphatic carbocycles. The monoisotopic (exact) mass is 434 g/mol. The van der Waals surface area contributed by atoms with E-state index in [9.17, 15) is 0 Å². The van der Waals surface area contributed by atoms with Gasteiger partial charge in [-0.2, -0.15) is 0 Å². The van der Waals surface area contributed by atoms with Crippen LogP contribution >= 0.6 is 0 Å². The largest absolute Gasteiger partial charge is 0.314 e. The van der Waals surface area contributed by atoms with Gasteiger partial charge in [0, 0.05) is 22.5 Å². The average Bonchev–Trinajstić information content (AvgIpc) is 3.22. The number of aromatic nitrogens is 1. The summed E-state index contributed by atoms with van der Waals surface area (Å²) in [6.45, 7) is 1.23. The van der Waals surface area contributed by atoms with Crippen LogP contribution in [0.3, 0.4) is 0 Å². The number of allylic oxidation sites excluding steroid dienone is 1. The molecule has 1 atom stereocenters. The summed E-state index contributed by atoms with van der Waals surface area (Å²) in [5, 5.41) is 6.45. The first-order valence-electron chi connectivity index (χ1n) is 12.9. The first kappa shape index (κ1) is 20.7. The number of rotatable bonds is 4. The van der Waals surface area contributed by atoms with E-state index in [4.69, 9.17) is 0 Å². The van der Waals surface area contributed by atoms with Crippen LogP contribution in [0.2, 0.25) is 0 Å². The standard InChI is InChI=1S/C31H34N2/c1-2-8-26(9-3-1)33-30-12-5-4-10-27(30)28-22-24(17-20-31(28)33)14-13-23-15-18-25(19-16-23)29-11-6-7-21-32-29/h1-5,8-10,12-14,17,20,22-23,25,29,32H,6-7,11,15-16,18-19,21H2/b14-13+. The normalized spacial score (nSPS) is 24.1. The van der Waals surface area contributed by atoms with Crippen molar-refractivity contribution in [3.05, 3.63) is 84.4 Å². The van der Waals surface area contributed by atoms with Crippen molar-refractivity contribution in [2.24, 2.45) is 11.8 Å². The predicted octanol–water partition coefficient (Wildman–Crippen LogP) is 7.75. The second-order valence-electron chi connectivity index (χ2n) is 10.1. The number of benzene rings is 3. The molecule has 4 aromatic rings. The Morgan fingerprint density at radius 1 is 0.727 bits per heavy atom. The zero-order chi connectivity index (χ0) is 22.0. The lowest BCUT2D eigenvalue weighted by Gasteiger charge is -2.35. The van der Waals surface area contributed by atoms with Gasteiger partial charge in [0.05, 0.1) is 11.0 Å². The summed E-state index contributed by atoms with van der Waals surface area (Å²) in [7, 11) is 0. The van der Waals surface area contributed by atoms with Gasteiger partial charge in [0.1, 0.15) is 0 Å². The molecule has 1 aromatic heterocycles. The maximum atomic E-state index is 3.79. The highest BCUT2D eigenvalue weighted by atomic mass is 15.0. The van der Waals surface area contributed by atoms with Gasteiger partial charge in [-0.1, -0.05) is 61.0 Å². The van der Waals surface area contributed by atoms with Crippen molar-refractivity contribution >= 4 is 27.9 Å². The van der Waals surface area contributed by atoms with E-state index in [0.717, 1.165) is 17.9 Å². The van der Waals surface area contributed by atoms with E-state index >= 15 is 0 Å². The zero-order valence-corrected chi connectivity index (χ0v) is 19.4. The summed E-state index contributed by atoms with van der Waals surface area (Å²) in [5.74, 6) is 1.63. The van der Waals surface area contributed by atoms with Gasteiger partial charge in [0.2, 0.25) is 0 Å². The van der Waals surface area contributed by atoms with Gasteiger partial charge >= 0.3 is 0 Å². The summed E-state index contributed by atoms with van der Waals surface area (Å²) in [6.07, 6.45) is 14.5. The number of para-hydroxylation sites is 2. The minimum atomic E-state index is 0.728. The molecule has 33 heavy (non-hydrogen) atoms. The second kappa shape index (κ2) is 9.19. The van der Waals surface area contributed by atoms with Gasteiger partial charge in [-0.25, -0.2) is 0 Å². The number of nitrogens with zero attached hydrogens (tertiary/aromatic N) is 1. The Bertz CT molecular complexity index is 1250. The van der Waals surface area contributed by atoms with E-state index in [0.29, 0.717) is 0 Å². The quantitative estimate of drug-likeness (QED) is 0.347. The van der Waals surface area contributed by atoms with E-state index in [-0.39, 0.29) is 0 Å². The SMILES string of the molecule is C(=C\C1CCC(C2CCCCN2)CC1)/c1ccc2c(c1)c1ccccc1n2-c1ccccc1. The van der Waals surface area contributed by atoms with Crippen molar-refractivity contribution in [2.75, 3.05) is 6.54 Å². The molecular weight excluding hydrogens is 400 g/mol. The van der Waals surface area contributed by atoms with Crippen LogP contribution in [-0.2, 0) is 0 Å². The van der Waals surface area contributed by atoms with Crippen LogP contribution in [0, 0.1) is 11.8 Å². The molecule has 1 unspecified atom stereocenters. The van der Waals surface area contributed by atoms with Gasteiger partial charge in [0.15, 0.2) is 0 Å². The third-order valence-corrected chi connectivity index (χ3v) is 8.01. The van der Waals surface area contributed by atoms with Crippen LogP contribution in [0.1, 0.15) is 50.5 Å². The van der Waals surface area contributed by atoms with Gasteiger partial charge in [-0.3, -0.25) is 0 Å². The number of hydrogen-bond acceptors (Lipinski definition) is 1. The van der Waals surface area contributed by atoms with E-state index in [2.05, 4.69) is 94.8 Å². The molecule has 1 saturated carbocycles. The van der Waals surface area contributed by atoms with Gasteiger partial charge in [-0.15, -0.1) is 0 Å². The molecule has 6 rings (SSSR count). The van der Waals surface area contributed by atoms with E-state index < -0.39 is 0 Å². The molecule has 2 nitrogen and oxygen atoms in total. The summed E-state index contributed by atoms with van der Waals surface area (Å²) < 4.78 is 2.39. The lowest BCUT2D eigenvalue weighted by molar-refractivity contribution is 0.215. The average molecular weight is 435 g/mol. The van der Waals surface area contributed by atoms with Gasteiger partial charge in [0.25, 0.3) is 0 Å². The fourth-order valence-corrected chi connectivity index (χ4v) is 6.22. The highest BCUT2D eigenvalue weighted by molar-refractivity contribution is 6.09. The fraction of sp³-hybridized carbons (Fsp3) is 0.355. The van der Waals surface area contributed by atoms with Crippen LogP contribution in [0.15, 0.2) is 78.9 Å². The molecule has 1 N–H and O–H groups in total. The predicted molar refractivity (Wildman–Crippen MR) is 141 cm³/mol. The maximum absolute atomic E-state index is 3.79.